The van der Waals surface area contributed by atoms with E-state index in [1.165, 1.54) is 11.9 Å². The summed E-state index contributed by atoms with van der Waals surface area (Å²) in [6.07, 6.45) is 1.31. The number of β-amino-alcohol motifs (C(OH)–C–C–N with tert-alkyl or cyclic N) is 1. The fraction of sp³-hybridized carbons (Fsp3) is 0.810. The van der Waals surface area contributed by atoms with Gasteiger partial charge in [-0.1, -0.05) is 26.0 Å². The molecule has 0 bridgehead atoms. The van der Waals surface area contributed by atoms with Crippen LogP contribution in [0.2, 0.25) is 0 Å². The van der Waals surface area contributed by atoms with Crippen molar-refractivity contribution >= 4 is 11.8 Å². The first kappa shape index (κ1) is 24.3. The topological polar surface area (TPSA) is 112 Å². The molecular formula is C21H38N6O3. The summed E-state index contributed by atoms with van der Waals surface area (Å²) >= 11 is 0. The summed E-state index contributed by atoms with van der Waals surface area (Å²) < 4.78 is 1.59. The van der Waals surface area contributed by atoms with Gasteiger partial charge in [0.2, 0.25) is 11.8 Å². The van der Waals surface area contributed by atoms with Crippen molar-refractivity contribution in [2.24, 2.45) is 5.41 Å². The molecule has 3 atom stereocenters. The normalized spacial score (nSPS) is 21.6. The molecule has 2 rings (SSSR count). The van der Waals surface area contributed by atoms with E-state index in [1.54, 1.807) is 10.9 Å². The van der Waals surface area contributed by atoms with Crippen molar-refractivity contribution in [1.82, 2.24) is 30.5 Å². The van der Waals surface area contributed by atoms with Gasteiger partial charge < -0.3 is 20.6 Å². The zero-order valence-electron chi connectivity index (χ0n) is 19.8. The van der Waals surface area contributed by atoms with Gasteiger partial charge in [-0.2, -0.15) is 0 Å². The third-order valence-electron chi connectivity index (χ3n) is 5.27. The van der Waals surface area contributed by atoms with Gasteiger partial charge in [-0.05, 0) is 40.0 Å². The van der Waals surface area contributed by atoms with E-state index in [-0.39, 0.29) is 30.3 Å². The number of carbonyl (C=O) groups excluding carboxylic acids is 2. The van der Waals surface area contributed by atoms with E-state index < -0.39 is 29.1 Å². The average Bonchev–Trinajstić information content (AvgIpc) is 3.18. The molecule has 1 aliphatic rings. The molecule has 9 heteroatoms. The molecule has 0 radical (unpaired) electrons. The summed E-state index contributed by atoms with van der Waals surface area (Å²) in [5.41, 5.74) is -0.330. The molecule has 1 aromatic rings. The Hall–Kier alpha value is -2.00. The molecule has 3 N–H and O–H groups in total. The molecule has 170 valence electrons. The van der Waals surface area contributed by atoms with Gasteiger partial charge in [0.1, 0.15) is 17.8 Å². The van der Waals surface area contributed by atoms with Crippen molar-refractivity contribution in [3.63, 3.8) is 0 Å². The van der Waals surface area contributed by atoms with E-state index in [9.17, 15) is 14.7 Å². The predicted octanol–water partition coefficient (Wildman–Crippen LogP) is 1.20. The van der Waals surface area contributed by atoms with E-state index >= 15 is 0 Å². The second kappa shape index (κ2) is 8.26. The quantitative estimate of drug-likeness (QED) is 0.657. The molecule has 0 aromatic carbocycles. The van der Waals surface area contributed by atoms with Crippen molar-refractivity contribution in [3.8, 4) is 0 Å². The van der Waals surface area contributed by atoms with Crippen LogP contribution in [-0.2, 0) is 15.1 Å². The molecule has 2 heterocycles. The molecule has 0 spiro atoms. The van der Waals surface area contributed by atoms with Gasteiger partial charge >= 0.3 is 0 Å². The van der Waals surface area contributed by atoms with E-state index in [2.05, 4.69) is 41.7 Å². The number of hydrogen-bond donors (Lipinski definition) is 3. The highest BCUT2D eigenvalue weighted by atomic mass is 16.3. The summed E-state index contributed by atoms with van der Waals surface area (Å²) in [7, 11) is 1.53. The number of amides is 2. The second-order valence-corrected chi connectivity index (χ2v) is 10.9. The van der Waals surface area contributed by atoms with Crippen LogP contribution < -0.4 is 10.6 Å². The Morgan fingerprint density at radius 1 is 1.17 bits per heavy atom. The maximum absolute atomic E-state index is 13.6. The molecule has 0 saturated carbocycles. The Bertz CT molecular complexity index is 774. The molecular weight excluding hydrogens is 384 g/mol. The summed E-state index contributed by atoms with van der Waals surface area (Å²) in [4.78, 5) is 27.4. The van der Waals surface area contributed by atoms with Crippen LogP contribution in [0.25, 0.3) is 0 Å². The molecule has 1 fully saturated rings. The predicted molar refractivity (Wildman–Crippen MR) is 115 cm³/mol. The van der Waals surface area contributed by atoms with Crippen LogP contribution in [0, 0.1) is 5.41 Å². The molecule has 1 saturated heterocycles. The number of likely N-dealkylation sites (tertiary alicyclic amines) is 1. The average molecular weight is 423 g/mol. The number of aliphatic hydroxyl groups excluding tert-OH is 1. The van der Waals surface area contributed by atoms with Crippen molar-refractivity contribution < 1.29 is 14.7 Å². The van der Waals surface area contributed by atoms with Gasteiger partial charge in [0.25, 0.3) is 0 Å². The highest BCUT2D eigenvalue weighted by molar-refractivity contribution is 5.90. The highest BCUT2D eigenvalue weighted by Gasteiger charge is 2.45. The van der Waals surface area contributed by atoms with Crippen LogP contribution in [0.4, 0.5) is 0 Å². The zero-order valence-corrected chi connectivity index (χ0v) is 19.8. The molecule has 1 aliphatic heterocycles. The summed E-state index contributed by atoms with van der Waals surface area (Å²) in [5.74, 6) is -0.520. The van der Waals surface area contributed by atoms with Crippen molar-refractivity contribution in [2.45, 2.75) is 91.1 Å². The largest absolute Gasteiger partial charge is 0.391 e. The lowest BCUT2D eigenvalue weighted by Gasteiger charge is -2.35. The number of aromatic nitrogens is 3. The van der Waals surface area contributed by atoms with Gasteiger partial charge in [-0.25, -0.2) is 4.68 Å². The monoisotopic (exact) mass is 422 g/mol. The summed E-state index contributed by atoms with van der Waals surface area (Å²) in [5, 5.41) is 24.9. The summed E-state index contributed by atoms with van der Waals surface area (Å²) in [6, 6.07) is -1.36. The number of rotatable bonds is 5. The van der Waals surface area contributed by atoms with E-state index in [1.807, 2.05) is 34.6 Å². The van der Waals surface area contributed by atoms with Crippen molar-refractivity contribution in [1.29, 1.82) is 0 Å². The van der Waals surface area contributed by atoms with Gasteiger partial charge in [0.15, 0.2) is 0 Å². The van der Waals surface area contributed by atoms with Gasteiger partial charge in [-0.15, -0.1) is 5.10 Å². The minimum Gasteiger partial charge on any atom is -0.391 e. The SMILES string of the molecule is CNC(=O)[C@H]1CC(O)CN1C(=O)C(n1cc(C(C)(C)NC(C)(C)C)nn1)C(C)(C)C. The number of carbonyl (C=O) groups is 2. The van der Waals surface area contributed by atoms with Crippen molar-refractivity contribution in [2.75, 3.05) is 13.6 Å². The Labute approximate surface area is 179 Å². The third-order valence-corrected chi connectivity index (χ3v) is 5.27. The number of nitrogens with one attached hydrogen (secondary N) is 2. The zero-order chi connectivity index (χ0) is 23.1. The van der Waals surface area contributed by atoms with Crippen LogP contribution in [0.5, 0.6) is 0 Å². The Morgan fingerprint density at radius 3 is 2.27 bits per heavy atom. The molecule has 2 unspecified atom stereocenters. The van der Waals surface area contributed by atoms with Crippen LogP contribution in [0.1, 0.15) is 73.5 Å². The first-order chi connectivity index (χ1) is 13.6. The lowest BCUT2D eigenvalue weighted by atomic mass is 9.85. The first-order valence-electron chi connectivity index (χ1n) is 10.5. The number of aliphatic hydroxyl groups is 1. The first-order valence-corrected chi connectivity index (χ1v) is 10.5. The minimum atomic E-state index is -0.724. The number of likely N-dealkylation sites (N-methyl/N-ethyl adjacent to an activating group) is 1. The molecule has 1 aromatic heterocycles. The standard InChI is InChI=1S/C21H38N6O3/c1-19(2,3)16(18(30)26-11-13(28)10-14(26)17(29)22-9)27-12-15(23-25-27)21(7,8)24-20(4,5)6/h12-14,16,24,28H,10-11H2,1-9H3,(H,22,29)/t13?,14-,16?/m1/s1. The van der Waals surface area contributed by atoms with Crippen LogP contribution in [0.3, 0.4) is 0 Å². The Morgan fingerprint density at radius 2 is 1.77 bits per heavy atom. The second-order valence-electron chi connectivity index (χ2n) is 10.9. The molecule has 30 heavy (non-hydrogen) atoms. The maximum atomic E-state index is 13.6. The minimum absolute atomic E-state index is 0.126. The smallest absolute Gasteiger partial charge is 0.248 e. The van der Waals surface area contributed by atoms with Crippen LogP contribution in [-0.4, -0.2) is 68.1 Å². The van der Waals surface area contributed by atoms with Crippen LogP contribution in [0.15, 0.2) is 6.20 Å². The summed E-state index contributed by atoms with van der Waals surface area (Å²) in [6.45, 7) is 16.3. The molecule has 9 nitrogen and oxygen atoms in total. The van der Waals surface area contributed by atoms with E-state index in [0.29, 0.717) is 0 Å². The van der Waals surface area contributed by atoms with Crippen LogP contribution >= 0.6 is 0 Å². The fourth-order valence-electron chi connectivity index (χ4n) is 4.20. The molecule has 2 amide bonds. The molecule has 0 aliphatic carbocycles. The maximum Gasteiger partial charge on any atom is 0.248 e. The highest BCUT2D eigenvalue weighted by Crippen LogP contribution is 2.35. The van der Waals surface area contributed by atoms with Gasteiger partial charge in [0.05, 0.1) is 17.8 Å². The fourth-order valence-corrected chi connectivity index (χ4v) is 4.20. The third kappa shape index (κ3) is 5.37. The van der Waals surface area contributed by atoms with Gasteiger partial charge in [0, 0.05) is 25.6 Å². The lowest BCUT2D eigenvalue weighted by molar-refractivity contribution is -0.144. The van der Waals surface area contributed by atoms with E-state index in [0.717, 1.165) is 5.69 Å². The lowest BCUT2D eigenvalue weighted by Crippen LogP contribution is -2.50. The van der Waals surface area contributed by atoms with Gasteiger partial charge in [-0.3, -0.25) is 9.59 Å². The van der Waals surface area contributed by atoms with E-state index in [4.69, 9.17) is 0 Å². The number of nitrogens with zero attached hydrogens (tertiary/aromatic N) is 4. The van der Waals surface area contributed by atoms with Crippen molar-refractivity contribution in [3.05, 3.63) is 11.9 Å². The Balaban J connectivity index is 2.39. The Kier molecular flexibility index (Phi) is 6.68. The number of hydrogen-bond acceptors (Lipinski definition) is 6.